The van der Waals surface area contributed by atoms with E-state index in [1.807, 2.05) is 13.8 Å². The Morgan fingerprint density at radius 3 is 1.80 bits per heavy atom. The van der Waals surface area contributed by atoms with Crippen molar-refractivity contribution in [3.63, 3.8) is 0 Å². The van der Waals surface area contributed by atoms with Crippen molar-refractivity contribution in [2.24, 2.45) is 5.41 Å². The Balaban J connectivity index is 3.08. The largest absolute Gasteiger partial charge is 0.303 e. The van der Waals surface area contributed by atoms with Gasteiger partial charge in [0, 0.05) is 5.41 Å². The molecular weight excluding hydrogens is 252 g/mol. The smallest absolute Gasteiger partial charge is 0.128 e. The summed E-state index contributed by atoms with van der Waals surface area (Å²) < 4.78 is 0. The highest BCUT2D eigenvalue weighted by molar-refractivity contribution is 5.57. The van der Waals surface area contributed by atoms with Gasteiger partial charge in [0.2, 0.25) is 0 Å². The Labute approximate surface area is 125 Å². The summed E-state index contributed by atoms with van der Waals surface area (Å²) in [6, 6.07) is 0. The molecule has 0 rings (SSSR count). The fourth-order valence-corrected chi connectivity index (χ4v) is 1.93. The average Bonchev–Trinajstić information content (AvgIpc) is 2.44. The van der Waals surface area contributed by atoms with Gasteiger partial charge < -0.3 is 4.79 Å². The number of hydrogen-bond donors (Lipinski definition) is 0. The van der Waals surface area contributed by atoms with Crippen molar-refractivity contribution in [1.29, 1.82) is 0 Å². The first kappa shape index (κ1) is 19.6. The number of unbranched alkanes of at least 4 members (excludes halogenated alkanes) is 9. The Morgan fingerprint density at radius 2 is 1.30 bits per heavy atom. The van der Waals surface area contributed by atoms with Crippen LogP contribution in [0.4, 0.5) is 0 Å². The lowest BCUT2D eigenvalue weighted by Gasteiger charge is -2.15. The fraction of sp³-hybridized carbons (Fsp3) is 0.941. The van der Waals surface area contributed by atoms with Crippen LogP contribution in [0.15, 0.2) is 0 Å². The number of hydrogen-bond acceptors (Lipinski definition) is 3. The first-order chi connectivity index (χ1) is 9.62. The lowest BCUT2D eigenvalue weighted by Crippen LogP contribution is -2.21. The summed E-state index contributed by atoms with van der Waals surface area (Å²) >= 11 is 0. The van der Waals surface area contributed by atoms with Crippen LogP contribution >= 0.6 is 0 Å². The molecular formula is C17H34O3. The second-order valence-electron chi connectivity index (χ2n) is 6.37. The van der Waals surface area contributed by atoms with Crippen LogP contribution in [-0.4, -0.2) is 19.5 Å². The summed E-state index contributed by atoms with van der Waals surface area (Å²) in [5.74, 6) is 0. The maximum atomic E-state index is 10.6. The molecule has 3 heteroatoms. The topological polar surface area (TPSA) is 35.5 Å². The van der Waals surface area contributed by atoms with E-state index >= 15 is 0 Å². The summed E-state index contributed by atoms with van der Waals surface area (Å²) in [7, 11) is 0. The summed E-state index contributed by atoms with van der Waals surface area (Å²) in [4.78, 5) is 20.8. The van der Waals surface area contributed by atoms with E-state index < -0.39 is 5.41 Å². The van der Waals surface area contributed by atoms with Crippen LogP contribution in [0.3, 0.4) is 0 Å². The van der Waals surface area contributed by atoms with Crippen LogP contribution in [0.1, 0.15) is 85.0 Å². The van der Waals surface area contributed by atoms with Gasteiger partial charge in [-0.2, -0.15) is 0 Å². The van der Waals surface area contributed by atoms with Gasteiger partial charge in [0.15, 0.2) is 0 Å². The molecule has 0 fully saturated rings. The molecule has 0 aromatic rings. The van der Waals surface area contributed by atoms with Gasteiger partial charge in [-0.05, 0) is 6.42 Å². The van der Waals surface area contributed by atoms with E-state index in [2.05, 4.69) is 6.92 Å². The zero-order chi connectivity index (χ0) is 15.1. The zero-order valence-corrected chi connectivity index (χ0v) is 13.8. The maximum absolute atomic E-state index is 10.6. The number of rotatable bonds is 15. The van der Waals surface area contributed by atoms with Gasteiger partial charge in [0.05, 0.1) is 13.2 Å². The molecule has 0 aliphatic carbocycles. The molecule has 0 radical (unpaired) electrons. The van der Waals surface area contributed by atoms with E-state index in [1.54, 1.807) is 0 Å². The minimum Gasteiger partial charge on any atom is -0.303 e. The molecule has 3 nitrogen and oxygen atoms in total. The highest BCUT2D eigenvalue weighted by Gasteiger charge is 2.16. The van der Waals surface area contributed by atoms with Crippen molar-refractivity contribution in [1.82, 2.24) is 0 Å². The van der Waals surface area contributed by atoms with Gasteiger partial charge in [-0.25, -0.2) is 9.78 Å². The summed E-state index contributed by atoms with van der Waals surface area (Å²) in [6.45, 7) is 6.89. The SMILES string of the molecule is CCCCCCCCCCCCOOCC(C)(C)C=O. The number of aldehydes is 1. The van der Waals surface area contributed by atoms with Gasteiger partial charge in [0.1, 0.15) is 6.29 Å². The minimum atomic E-state index is -0.447. The lowest BCUT2D eigenvalue weighted by atomic mass is 9.98. The molecule has 0 atom stereocenters. The van der Waals surface area contributed by atoms with Crippen molar-refractivity contribution in [3.8, 4) is 0 Å². The first-order valence-electron chi connectivity index (χ1n) is 8.33. The van der Waals surface area contributed by atoms with Gasteiger partial charge in [-0.3, -0.25) is 0 Å². The molecule has 0 unspecified atom stereocenters. The third kappa shape index (κ3) is 14.0. The zero-order valence-electron chi connectivity index (χ0n) is 13.8. The third-order valence-electron chi connectivity index (χ3n) is 3.41. The van der Waals surface area contributed by atoms with Crippen LogP contribution < -0.4 is 0 Å². The Morgan fingerprint density at radius 1 is 0.800 bits per heavy atom. The molecule has 0 saturated heterocycles. The molecule has 0 N–H and O–H groups in total. The average molecular weight is 286 g/mol. The minimum absolute atomic E-state index is 0.328. The van der Waals surface area contributed by atoms with Gasteiger partial charge in [-0.15, -0.1) is 0 Å². The normalized spacial score (nSPS) is 11.8. The molecule has 120 valence electrons. The molecule has 0 aromatic carbocycles. The van der Waals surface area contributed by atoms with Crippen LogP contribution in [0.25, 0.3) is 0 Å². The van der Waals surface area contributed by atoms with Crippen molar-refractivity contribution >= 4 is 6.29 Å². The molecule has 0 aliphatic heterocycles. The molecule has 0 amide bonds. The Kier molecular flexibility index (Phi) is 13.3. The van der Waals surface area contributed by atoms with Gasteiger partial charge in [0.25, 0.3) is 0 Å². The molecule has 0 bridgehead atoms. The molecule has 0 saturated carbocycles. The molecule has 0 aromatic heterocycles. The highest BCUT2D eigenvalue weighted by atomic mass is 17.2. The fourth-order valence-electron chi connectivity index (χ4n) is 1.93. The van der Waals surface area contributed by atoms with Crippen molar-refractivity contribution in [2.45, 2.75) is 85.0 Å². The molecule has 0 aliphatic rings. The highest BCUT2D eigenvalue weighted by Crippen LogP contribution is 2.12. The summed E-state index contributed by atoms with van der Waals surface area (Å²) in [5, 5.41) is 0. The second-order valence-corrected chi connectivity index (χ2v) is 6.37. The van der Waals surface area contributed by atoms with Crippen molar-refractivity contribution in [3.05, 3.63) is 0 Å². The van der Waals surface area contributed by atoms with E-state index in [4.69, 9.17) is 9.78 Å². The molecule has 0 spiro atoms. The van der Waals surface area contributed by atoms with Crippen molar-refractivity contribution < 1.29 is 14.6 Å². The van der Waals surface area contributed by atoms with E-state index in [1.165, 1.54) is 57.8 Å². The monoisotopic (exact) mass is 286 g/mol. The third-order valence-corrected chi connectivity index (χ3v) is 3.41. The van der Waals surface area contributed by atoms with E-state index in [-0.39, 0.29) is 0 Å². The maximum Gasteiger partial charge on any atom is 0.128 e. The van der Waals surface area contributed by atoms with Crippen LogP contribution in [0.5, 0.6) is 0 Å². The lowest BCUT2D eigenvalue weighted by molar-refractivity contribution is -0.305. The van der Waals surface area contributed by atoms with Crippen molar-refractivity contribution in [2.75, 3.05) is 13.2 Å². The predicted octanol–water partition coefficient (Wildman–Crippen LogP) is 5.08. The summed E-state index contributed by atoms with van der Waals surface area (Å²) in [6.07, 6.45) is 14.0. The first-order valence-corrected chi connectivity index (χ1v) is 8.33. The van der Waals surface area contributed by atoms with Crippen LogP contribution in [-0.2, 0) is 14.6 Å². The van der Waals surface area contributed by atoms with E-state index in [0.717, 1.165) is 12.7 Å². The van der Waals surface area contributed by atoms with Crippen LogP contribution in [0.2, 0.25) is 0 Å². The molecule has 20 heavy (non-hydrogen) atoms. The van der Waals surface area contributed by atoms with Gasteiger partial charge in [-0.1, -0.05) is 78.6 Å². The predicted molar refractivity (Wildman–Crippen MR) is 83.6 cm³/mol. The van der Waals surface area contributed by atoms with E-state index in [9.17, 15) is 4.79 Å². The number of carbonyl (C=O) groups is 1. The van der Waals surface area contributed by atoms with Crippen LogP contribution in [0, 0.1) is 5.41 Å². The quantitative estimate of drug-likeness (QED) is 0.182. The number of carbonyl (C=O) groups excluding carboxylic acids is 1. The van der Waals surface area contributed by atoms with Gasteiger partial charge >= 0.3 is 0 Å². The van der Waals surface area contributed by atoms with E-state index in [0.29, 0.717) is 13.2 Å². The second kappa shape index (κ2) is 13.6. The standard InChI is InChI=1S/C17H34O3/c1-4-5-6-7-8-9-10-11-12-13-14-19-20-16-17(2,3)15-18/h15H,4-14,16H2,1-3H3. The summed E-state index contributed by atoms with van der Waals surface area (Å²) in [5.41, 5.74) is -0.447. The Bertz CT molecular complexity index is 214. The molecule has 0 heterocycles. The Hall–Kier alpha value is -0.410.